The second-order valence-corrected chi connectivity index (χ2v) is 12.6. The van der Waals surface area contributed by atoms with Crippen LogP contribution in [0.15, 0.2) is 0 Å². The molecule has 0 aromatic heterocycles. The number of thiocyanates is 2. The molecule has 8 heavy (non-hydrogen) atoms. The van der Waals surface area contributed by atoms with E-state index in [1.807, 2.05) is 16.5 Å². The summed E-state index contributed by atoms with van der Waals surface area (Å²) in [6.45, 7) is 0. The molecule has 0 spiro atoms. The van der Waals surface area contributed by atoms with Gasteiger partial charge in [-0.25, -0.2) is 0 Å². The monoisotopic (exact) mass is 206 g/mol. The molecule has 0 fully saturated rings. The molecule has 0 aliphatic heterocycles. The molecule has 0 aliphatic rings. The fourth-order valence-electron chi connectivity index (χ4n) is 0.134. The third-order valence-electron chi connectivity index (χ3n) is 0.339. The van der Waals surface area contributed by atoms with Crippen LogP contribution in [0.4, 0.5) is 0 Å². The minimum absolute atomic E-state index is 1.15. The van der Waals surface area contributed by atoms with Gasteiger partial charge in [0.15, 0.2) is 0 Å². The van der Waals surface area contributed by atoms with Gasteiger partial charge in [-0.1, -0.05) is 0 Å². The number of hydrogen-bond donors (Lipinski definition) is 0. The van der Waals surface area contributed by atoms with Crippen molar-refractivity contribution in [3.05, 3.63) is 0 Å². The first kappa shape index (κ1) is 8.24. The van der Waals surface area contributed by atoms with E-state index in [4.69, 9.17) is 10.5 Å². The molecule has 5 heteroatoms. The van der Waals surface area contributed by atoms with Crippen molar-refractivity contribution in [3.63, 3.8) is 0 Å². The third-order valence-corrected chi connectivity index (χ3v) is 7.60. The predicted octanol–water partition coefficient (Wildman–Crippen LogP) is 1.53. The second-order valence-electron chi connectivity index (χ2n) is 0.805. The van der Waals surface area contributed by atoms with Gasteiger partial charge in [0.25, 0.3) is 0 Å². The van der Waals surface area contributed by atoms with Gasteiger partial charge < -0.3 is 0 Å². The Morgan fingerprint density at radius 3 is 1.88 bits per heavy atom. The molecule has 0 N–H and O–H groups in total. The van der Waals surface area contributed by atoms with Crippen molar-refractivity contribution in [1.82, 2.24) is 0 Å². The van der Waals surface area contributed by atoms with Gasteiger partial charge in [0.05, 0.1) is 0 Å². The molecule has 0 atom stereocenters. The van der Waals surface area contributed by atoms with Crippen LogP contribution in [0, 0.1) is 21.3 Å². The van der Waals surface area contributed by atoms with Gasteiger partial charge in [-0.15, -0.1) is 0 Å². The molecule has 0 aromatic carbocycles. The van der Waals surface area contributed by atoms with E-state index < -0.39 is 12.3 Å². The van der Waals surface area contributed by atoms with E-state index in [0.717, 1.165) is 0 Å². The van der Waals surface area contributed by atoms with Gasteiger partial charge in [-0.2, -0.15) is 0 Å². The molecule has 0 aromatic rings. The Bertz CT molecular complexity index is 119. The van der Waals surface area contributed by atoms with Gasteiger partial charge in [-0.05, 0) is 0 Å². The third kappa shape index (κ3) is 4.40. The van der Waals surface area contributed by atoms with Crippen molar-refractivity contribution in [3.8, 4) is 10.8 Å². The van der Waals surface area contributed by atoms with E-state index in [-0.39, 0.29) is 0 Å². The fourth-order valence-corrected chi connectivity index (χ4v) is 3.70. The molecule has 0 amide bonds. The molecule has 0 heterocycles. The summed E-state index contributed by atoms with van der Waals surface area (Å²) >= 11 is -1.15. The molecule has 0 bridgehead atoms. The van der Waals surface area contributed by atoms with Crippen LogP contribution in [-0.2, 0) is 0 Å². The Kier molecular flexibility index (Phi) is 5.54. The van der Waals surface area contributed by atoms with E-state index in [1.54, 1.807) is 0 Å². The van der Waals surface area contributed by atoms with E-state index in [9.17, 15) is 0 Å². The Morgan fingerprint density at radius 1 is 1.25 bits per heavy atom. The summed E-state index contributed by atoms with van der Waals surface area (Å²) in [5.41, 5.74) is 1.97. The average molecular weight is 206 g/mol. The van der Waals surface area contributed by atoms with Crippen LogP contribution in [-0.4, -0.2) is 12.3 Å². The predicted molar refractivity (Wildman–Crippen MR) is 38.0 cm³/mol. The quantitative estimate of drug-likeness (QED) is 0.507. The van der Waals surface area contributed by atoms with Gasteiger partial charge >= 0.3 is 59.4 Å². The summed E-state index contributed by atoms with van der Waals surface area (Å²) in [7, 11) is 2.50. The van der Waals surface area contributed by atoms with Crippen molar-refractivity contribution >= 4 is 32.4 Å². The van der Waals surface area contributed by atoms with E-state index >= 15 is 0 Å². The fraction of sp³-hybridized carbons (Fsp3) is 0.333. The second kappa shape index (κ2) is 5.38. The summed E-state index contributed by atoms with van der Waals surface area (Å²) in [4.78, 5) is 0. The van der Waals surface area contributed by atoms with Crippen molar-refractivity contribution in [2.45, 2.75) is 5.71 Å². The number of hydrogen-bond acceptors (Lipinski definition) is 4. The molecule has 0 saturated carbocycles. The zero-order chi connectivity index (χ0) is 6.41. The summed E-state index contributed by atoms with van der Waals surface area (Å²) in [5, 5.41) is 20.1. The van der Waals surface area contributed by atoms with E-state index in [1.165, 1.54) is 20.0 Å². The molecule has 0 unspecified atom stereocenters. The Labute approximate surface area is 59.5 Å². The molecular formula is C3H3AsN2S2. The maximum atomic E-state index is 8.09. The van der Waals surface area contributed by atoms with Crippen LogP contribution in [0.3, 0.4) is 0 Å². The topological polar surface area (TPSA) is 47.6 Å². The van der Waals surface area contributed by atoms with Crippen LogP contribution < -0.4 is 0 Å². The number of rotatable bonds is 2. The molecule has 0 radical (unpaired) electrons. The Balaban J connectivity index is 3.25. The molecular weight excluding hydrogens is 203 g/mol. The molecule has 0 rings (SSSR count). The Hall–Kier alpha value is 0.238. The minimum atomic E-state index is -1.15. The van der Waals surface area contributed by atoms with Crippen molar-refractivity contribution < 1.29 is 0 Å². The first-order chi connectivity index (χ1) is 3.81. The summed E-state index contributed by atoms with van der Waals surface area (Å²) < 4.78 is 0. The van der Waals surface area contributed by atoms with Crippen LogP contribution >= 0.6 is 20.0 Å². The SMILES string of the molecule is C[As](SC#N)SC#N. The zero-order valence-corrected chi connectivity index (χ0v) is 7.67. The normalized spacial score (nSPS) is 8.00. The van der Waals surface area contributed by atoms with Gasteiger partial charge in [0.2, 0.25) is 0 Å². The van der Waals surface area contributed by atoms with Gasteiger partial charge in [0, 0.05) is 0 Å². The van der Waals surface area contributed by atoms with E-state index in [2.05, 4.69) is 0 Å². The Morgan fingerprint density at radius 2 is 1.62 bits per heavy atom. The summed E-state index contributed by atoms with van der Waals surface area (Å²) in [6.07, 6.45) is 0. The van der Waals surface area contributed by atoms with E-state index in [0.29, 0.717) is 0 Å². The average Bonchev–Trinajstić information content (AvgIpc) is 1.68. The van der Waals surface area contributed by atoms with Crippen LogP contribution in [0.5, 0.6) is 0 Å². The van der Waals surface area contributed by atoms with Crippen LogP contribution in [0.1, 0.15) is 0 Å². The number of nitrogens with zero attached hydrogens (tertiary/aromatic N) is 2. The van der Waals surface area contributed by atoms with Crippen LogP contribution in [0.2, 0.25) is 5.71 Å². The molecule has 42 valence electrons. The van der Waals surface area contributed by atoms with Crippen molar-refractivity contribution in [2.75, 3.05) is 0 Å². The van der Waals surface area contributed by atoms with Crippen molar-refractivity contribution in [2.24, 2.45) is 0 Å². The molecule has 0 aliphatic carbocycles. The van der Waals surface area contributed by atoms with Crippen LogP contribution in [0.25, 0.3) is 0 Å². The zero-order valence-electron chi connectivity index (χ0n) is 4.16. The van der Waals surface area contributed by atoms with Crippen molar-refractivity contribution in [1.29, 1.82) is 10.5 Å². The summed E-state index contributed by atoms with van der Waals surface area (Å²) in [6, 6.07) is 0. The molecule has 0 saturated heterocycles. The standard InChI is InChI=1S/C3H3AsN2S2/c1-4(7-2-5)8-3-6/h1H3. The summed E-state index contributed by atoms with van der Waals surface area (Å²) in [5.74, 6) is 0. The maximum absolute atomic E-state index is 8.09. The number of nitriles is 2. The first-order valence-corrected chi connectivity index (χ1v) is 9.69. The first-order valence-electron chi connectivity index (χ1n) is 1.67. The van der Waals surface area contributed by atoms with Gasteiger partial charge in [-0.3, -0.25) is 0 Å². The molecule has 2 nitrogen and oxygen atoms in total. The van der Waals surface area contributed by atoms with Gasteiger partial charge in [0.1, 0.15) is 0 Å².